The predicted molar refractivity (Wildman–Crippen MR) is 103 cm³/mol. The number of aliphatic hydroxyl groups is 1. The predicted octanol–water partition coefficient (Wildman–Crippen LogP) is 3.81. The van der Waals surface area contributed by atoms with Gasteiger partial charge < -0.3 is 9.84 Å². The Morgan fingerprint density at radius 3 is 2.69 bits per heavy atom. The lowest BCUT2D eigenvalue weighted by Crippen LogP contribution is -2.20. The summed E-state index contributed by atoms with van der Waals surface area (Å²) in [4.78, 5) is 0. The molecule has 1 N–H and O–H groups in total. The minimum Gasteiger partial charge on any atom is -0.489 e. The number of hydrogen-bond acceptors (Lipinski definition) is 6. The fourth-order valence-corrected chi connectivity index (χ4v) is 3.37. The molecule has 0 spiro atoms. The highest BCUT2D eigenvalue weighted by Crippen LogP contribution is 2.28. The SMILES string of the molecule is Cc1ccc(-n2nnnc2SC[C@H](O)COc2ccc(Cl)cc2Cl)cc1. The van der Waals surface area contributed by atoms with Gasteiger partial charge in [-0.3, -0.25) is 0 Å². The molecular formula is C17H16Cl2N4O2S. The molecule has 26 heavy (non-hydrogen) atoms. The van der Waals surface area contributed by atoms with Crippen LogP contribution in [-0.4, -0.2) is 43.8 Å². The molecular weight excluding hydrogens is 395 g/mol. The third-order valence-corrected chi connectivity index (χ3v) is 5.04. The first kappa shape index (κ1) is 19.0. The Hall–Kier alpha value is -1.80. The van der Waals surface area contributed by atoms with E-state index in [9.17, 15) is 5.11 Å². The lowest BCUT2D eigenvalue weighted by atomic mass is 10.2. The molecule has 0 radical (unpaired) electrons. The van der Waals surface area contributed by atoms with Crippen molar-refractivity contribution in [3.63, 3.8) is 0 Å². The molecule has 6 nitrogen and oxygen atoms in total. The number of thioether (sulfide) groups is 1. The topological polar surface area (TPSA) is 73.1 Å². The van der Waals surface area contributed by atoms with Crippen molar-refractivity contribution in [3.8, 4) is 11.4 Å². The second-order valence-corrected chi connectivity index (χ2v) is 7.39. The Bertz CT molecular complexity index is 873. The maximum absolute atomic E-state index is 10.2. The van der Waals surface area contributed by atoms with Gasteiger partial charge in [-0.25, -0.2) is 0 Å². The summed E-state index contributed by atoms with van der Waals surface area (Å²) in [5.41, 5.74) is 2.02. The lowest BCUT2D eigenvalue weighted by Gasteiger charge is -2.13. The van der Waals surface area contributed by atoms with E-state index in [1.807, 2.05) is 31.2 Å². The van der Waals surface area contributed by atoms with Crippen LogP contribution in [0.3, 0.4) is 0 Å². The highest BCUT2D eigenvalue weighted by molar-refractivity contribution is 7.99. The summed E-state index contributed by atoms with van der Waals surface area (Å²) in [6, 6.07) is 12.8. The number of aryl methyl sites for hydroxylation is 1. The molecule has 3 rings (SSSR count). The largest absolute Gasteiger partial charge is 0.489 e. The van der Waals surface area contributed by atoms with E-state index in [0.717, 1.165) is 11.3 Å². The molecule has 0 aliphatic rings. The van der Waals surface area contributed by atoms with Gasteiger partial charge in [-0.2, -0.15) is 4.68 Å². The minimum absolute atomic E-state index is 0.0977. The molecule has 9 heteroatoms. The van der Waals surface area contributed by atoms with Gasteiger partial charge in [0.25, 0.3) is 0 Å². The van der Waals surface area contributed by atoms with Crippen LogP contribution in [0.15, 0.2) is 47.6 Å². The van der Waals surface area contributed by atoms with Crippen molar-refractivity contribution < 1.29 is 9.84 Å². The molecule has 1 atom stereocenters. The number of benzene rings is 2. The summed E-state index contributed by atoms with van der Waals surface area (Å²) in [6.07, 6.45) is -0.713. The van der Waals surface area contributed by atoms with Crippen LogP contribution in [0.25, 0.3) is 5.69 Å². The number of halogens is 2. The Labute approximate surface area is 165 Å². The second-order valence-electron chi connectivity index (χ2n) is 5.56. The fraction of sp³-hybridized carbons (Fsp3) is 0.235. The first-order chi connectivity index (χ1) is 12.5. The molecule has 0 bridgehead atoms. The second kappa shape index (κ2) is 8.73. The van der Waals surface area contributed by atoms with Gasteiger partial charge in [0.1, 0.15) is 12.4 Å². The van der Waals surface area contributed by atoms with Gasteiger partial charge in [-0.15, -0.1) is 5.10 Å². The van der Waals surface area contributed by atoms with Gasteiger partial charge >= 0.3 is 0 Å². The molecule has 3 aromatic rings. The summed E-state index contributed by atoms with van der Waals surface area (Å²) < 4.78 is 7.17. The summed E-state index contributed by atoms with van der Waals surface area (Å²) in [5, 5.41) is 23.4. The summed E-state index contributed by atoms with van der Waals surface area (Å²) in [7, 11) is 0. The van der Waals surface area contributed by atoms with Crippen molar-refractivity contribution in [1.82, 2.24) is 20.2 Å². The van der Waals surface area contributed by atoms with Crippen LogP contribution in [0.1, 0.15) is 5.56 Å². The molecule has 0 aliphatic carbocycles. The van der Waals surface area contributed by atoms with Crippen molar-refractivity contribution in [2.24, 2.45) is 0 Å². The maximum Gasteiger partial charge on any atom is 0.214 e. The van der Waals surface area contributed by atoms with E-state index in [0.29, 0.717) is 26.7 Å². The smallest absolute Gasteiger partial charge is 0.214 e. The fourth-order valence-electron chi connectivity index (χ4n) is 2.11. The summed E-state index contributed by atoms with van der Waals surface area (Å²) in [5.74, 6) is 0.849. The Kier molecular flexibility index (Phi) is 6.37. The van der Waals surface area contributed by atoms with Gasteiger partial charge in [0.05, 0.1) is 16.8 Å². The minimum atomic E-state index is -0.713. The van der Waals surface area contributed by atoms with Crippen molar-refractivity contribution in [1.29, 1.82) is 0 Å². The highest BCUT2D eigenvalue weighted by atomic mass is 35.5. The normalized spacial score (nSPS) is 12.2. The summed E-state index contributed by atoms with van der Waals surface area (Å²) in [6.45, 7) is 2.11. The van der Waals surface area contributed by atoms with Crippen LogP contribution in [0.4, 0.5) is 0 Å². The number of hydrogen-bond donors (Lipinski definition) is 1. The number of nitrogens with zero attached hydrogens (tertiary/aromatic N) is 4. The molecule has 0 unspecified atom stereocenters. The van der Waals surface area contributed by atoms with E-state index < -0.39 is 6.10 Å². The van der Waals surface area contributed by atoms with Gasteiger partial charge in [0.15, 0.2) is 0 Å². The van der Waals surface area contributed by atoms with E-state index in [1.165, 1.54) is 11.8 Å². The van der Waals surface area contributed by atoms with Crippen molar-refractivity contribution >= 4 is 35.0 Å². The lowest BCUT2D eigenvalue weighted by molar-refractivity contribution is 0.126. The number of rotatable bonds is 7. The van der Waals surface area contributed by atoms with Gasteiger partial charge in [0, 0.05) is 10.8 Å². The molecule has 0 saturated heterocycles. The third-order valence-electron chi connectivity index (χ3n) is 3.45. The van der Waals surface area contributed by atoms with Crippen LogP contribution in [0, 0.1) is 6.92 Å². The van der Waals surface area contributed by atoms with Crippen molar-refractivity contribution in [2.75, 3.05) is 12.4 Å². The van der Waals surface area contributed by atoms with Crippen LogP contribution >= 0.6 is 35.0 Å². The Balaban J connectivity index is 1.56. The zero-order valence-electron chi connectivity index (χ0n) is 13.8. The van der Waals surface area contributed by atoms with E-state index >= 15 is 0 Å². The molecule has 0 amide bonds. The third kappa shape index (κ3) is 4.88. The Morgan fingerprint density at radius 2 is 1.96 bits per heavy atom. The monoisotopic (exact) mass is 410 g/mol. The van der Waals surface area contributed by atoms with Gasteiger partial charge in [-0.1, -0.05) is 52.7 Å². The summed E-state index contributed by atoms with van der Waals surface area (Å²) >= 11 is 13.2. The van der Waals surface area contributed by atoms with Crippen LogP contribution in [0.5, 0.6) is 5.75 Å². The van der Waals surface area contributed by atoms with Crippen LogP contribution in [0.2, 0.25) is 10.0 Å². The molecule has 0 aliphatic heterocycles. The van der Waals surface area contributed by atoms with Gasteiger partial charge in [-0.05, 0) is 47.7 Å². The van der Waals surface area contributed by atoms with E-state index in [-0.39, 0.29) is 6.61 Å². The Morgan fingerprint density at radius 1 is 1.19 bits per heavy atom. The highest BCUT2D eigenvalue weighted by Gasteiger charge is 2.13. The van der Waals surface area contributed by atoms with Crippen LogP contribution in [-0.2, 0) is 0 Å². The first-order valence-electron chi connectivity index (χ1n) is 7.77. The molecule has 136 valence electrons. The molecule has 2 aromatic carbocycles. The van der Waals surface area contributed by atoms with E-state index in [2.05, 4.69) is 15.5 Å². The molecule has 0 saturated carbocycles. The molecule has 1 aromatic heterocycles. The molecule has 1 heterocycles. The average Bonchev–Trinajstić information content (AvgIpc) is 3.08. The maximum atomic E-state index is 10.2. The quantitative estimate of drug-likeness (QED) is 0.596. The van der Waals surface area contributed by atoms with Gasteiger partial charge in [0.2, 0.25) is 5.16 Å². The number of aromatic nitrogens is 4. The standard InChI is InChI=1S/C17H16Cl2N4O2S/c1-11-2-5-13(6-3-11)23-17(20-21-22-23)26-10-14(24)9-25-16-7-4-12(18)8-15(16)19/h2-8,14,24H,9-10H2,1H3/t14-/m1/s1. The zero-order valence-corrected chi connectivity index (χ0v) is 16.2. The van der Waals surface area contributed by atoms with Crippen molar-refractivity contribution in [3.05, 3.63) is 58.1 Å². The van der Waals surface area contributed by atoms with Crippen LogP contribution < -0.4 is 4.74 Å². The number of tetrazole rings is 1. The van der Waals surface area contributed by atoms with E-state index in [4.69, 9.17) is 27.9 Å². The molecule has 0 fully saturated rings. The first-order valence-corrected chi connectivity index (χ1v) is 9.51. The zero-order chi connectivity index (χ0) is 18.5. The average molecular weight is 411 g/mol. The number of ether oxygens (including phenoxy) is 1. The number of aliphatic hydroxyl groups excluding tert-OH is 1. The van der Waals surface area contributed by atoms with Crippen molar-refractivity contribution in [2.45, 2.75) is 18.2 Å². The van der Waals surface area contributed by atoms with E-state index in [1.54, 1.807) is 22.9 Å².